The second-order valence-corrected chi connectivity index (χ2v) is 6.77. The number of aromatic amines is 1. The summed E-state index contributed by atoms with van der Waals surface area (Å²) in [6, 6.07) is 5.59. The zero-order chi connectivity index (χ0) is 15.0. The Labute approximate surface area is 124 Å². The van der Waals surface area contributed by atoms with Crippen LogP contribution in [0.5, 0.6) is 0 Å². The molecule has 1 aromatic heterocycles. The van der Waals surface area contributed by atoms with Crippen molar-refractivity contribution in [1.29, 1.82) is 0 Å². The number of nitrogen functional groups attached to an aromatic ring is 1. The molecule has 0 saturated heterocycles. The van der Waals surface area contributed by atoms with E-state index < -0.39 is 0 Å². The molecule has 5 nitrogen and oxygen atoms in total. The summed E-state index contributed by atoms with van der Waals surface area (Å²) in [4.78, 5) is 19.4. The number of rotatable bonds is 2. The summed E-state index contributed by atoms with van der Waals surface area (Å²) in [6.45, 7) is 4.62. The molecular weight excluding hydrogens is 264 g/mol. The minimum Gasteiger partial charge on any atom is -0.399 e. The maximum atomic E-state index is 12.1. The SMILES string of the molecule is CC1(C)CCC(Nc2nc3ccc(N)cc3c(=O)[nH]2)CC1. The average Bonchev–Trinajstić information content (AvgIpc) is 2.42. The lowest BCUT2D eigenvalue weighted by Gasteiger charge is -2.34. The second kappa shape index (κ2) is 5.06. The Morgan fingerprint density at radius 3 is 2.76 bits per heavy atom. The first-order valence-electron chi connectivity index (χ1n) is 7.49. The third-order valence-electron chi connectivity index (χ3n) is 4.41. The van der Waals surface area contributed by atoms with E-state index in [1.54, 1.807) is 18.2 Å². The summed E-state index contributed by atoms with van der Waals surface area (Å²) >= 11 is 0. The van der Waals surface area contributed by atoms with Crippen LogP contribution in [0.15, 0.2) is 23.0 Å². The standard InChI is InChI=1S/C16H22N4O/c1-16(2)7-5-11(6-8-16)18-15-19-13-4-3-10(17)9-12(13)14(21)20-15/h3-4,9,11H,5-8,17H2,1-2H3,(H2,18,19,20,21). The quantitative estimate of drug-likeness (QED) is 0.741. The summed E-state index contributed by atoms with van der Waals surface area (Å²) in [7, 11) is 0. The van der Waals surface area contributed by atoms with Gasteiger partial charge in [-0.2, -0.15) is 0 Å². The van der Waals surface area contributed by atoms with Crippen LogP contribution in [0.3, 0.4) is 0 Å². The molecule has 3 rings (SSSR count). The number of anilines is 2. The van der Waals surface area contributed by atoms with Gasteiger partial charge in [-0.05, 0) is 49.3 Å². The first-order chi connectivity index (χ1) is 9.93. The maximum absolute atomic E-state index is 12.1. The topological polar surface area (TPSA) is 83.8 Å². The van der Waals surface area contributed by atoms with Crippen LogP contribution in [-0.2, 0) is 0 Å². The molecule has 1 heterocycles. The minimum absolute atomic E-state index is 0.147. The van der Waals surface area contributed by atoms with E-state index in [-0.39, 0.29) is 5.56 Å². The Hall–Kier alpha value is -2.04. The molecule has 0 unspecified atom stereocenters. The highest BCUT2D eigenvalue weighted by Crippen LogP contribution is 2.35. The Kier molecular flexibility index (Phi) is 3.35. The zero-order valence-electron chi connectivity index (χ0n) is 12.6. The summed E-state index contributed by atoms with van der Waals surface area (Å²) < 4.78 is 0. The Morgan fingerprint density at radius 2 is 2.05 bits per heavy atom. The fourth-order valence-corrected chi connectivity index (χ4v) is 2.96. The van der Waals surface area contributed by atoms with E-state index >= 15 is 0 Å². The van der Waals surface area contributed by atoms with E-state index in [4.69, 9.17) is 5.73 Å². The van der Waals surface area contributed by atoms with Crippen molar-refractivity contribution in [2.24, 2.45) is 5.41 Å². The number of hydrogen-bond donors (Lipinski definition) is 3. The monoisotopic (exact) mass is 286 g/mol. The number of nitrogens with two attached hydrogens (primary N) is 1. The molecule has 5 heteroatoms. The molecule has 0 spiro atoms. The Balaban J connectivity index is 1.82. The molecular formula is C16H22N4O. The predicted octanol–water partition coefficient (Wildman–Crippen LogP) is 2.89. The van der Waals surface area contributed by atoms with Gasteiger partial charge in [-0.15, -0.1) is 0 Å². The molecule has 1 saturated carbocycles. The van der Waals surface area contributed by atoms with E-state index in [1.807, 2.05) is 0 Å². The van der Waals surface area contributed by atoms with E-state index in [2.05, 4.69) is 29.1 Å². The van der Waals surface area contributed by atoms with Gasteiger partial charge in [0.1, 0.15) is 0 Å². The van der Waals surface area contributed by atoms with E-state index in [0.29, 0.717) is 34.0 Å². The molecule has 1 aliphatic carbocycles. The van der Waals surface area contributed by atoms with Gasteiger partial charge < -0.3 is 11.1 Å². The molecule has 0 aliphatic heterocycles. The van der Waals surface area contributed by atoms with Crippen molar-refractivity contribution in [2.45, 2.75) is 45.6 Å². The fraction of sp³-hybridized carbons (Fsp3) is 0.500. The molecule has 2 aromatic rings. The largest absolute Gasteiger partial charge is 0.399 e. The third-order valence-corrected chi connectivity index (χ3v) is 4.41. The lowest BCUT2D eigenvalue weighted by Crippen LogP contribution is -2.31. The molecule has 0 atom stereocenters. The van der Waals surface area contributed by atoms with Gasteiger partial charge in [0.15, 0.2) is 0 Å². The predicted molar refractivity (Wildman–Crippen MR) is 86.4 cm³/mol. The van der Waals surface area contributed by atoms with Gasteiger partial charge in [-0.25, -0.2) is 4.98 Å². The normalized spacial score (nSPS) is 18.8. The summed E-state index contributed by atoms with van der Waals surface area (Å²) in [5, 5.41) is 3.90. The van der Waals surface area contributed by atoms with Gasteiger partial charge in [-0.3, -0.25) is 9.78 Å². The fourth-order valence-electron chi connectivity index (χ4n) is 2.96. The molecule has 21 heavy (non-hydrogen) atoms. The molecule has 1 fully saturated rings. The van der Waals surface area contributed by atoms with Crippen LogP contribution < -0.4 is 16.6 Å². The van der Waals surface area contributed by atoms with E-state index in [0.717, 1.165) is 12.8 Å². The van der Waals surface area contributed by atoms with Crippen molar-refractivity contribution < 1.29 is 0 Å². The van der Waals surface area contributed by atoms with E-state index in [1.165, 1.54) is 12.8 Å². The zero-order valence-corrected chi connectivity index (χ0v) is 12.6. The molecule has 0 radical (unpaired) electrons. The van der Waals surface area contributed by atoms with Crippen LogP contribution in [-0.4, -0.2) is 16.0 Å². The Bertz CT molecular complexity index is 710. The maximum Gasteiger partial charge on any atom is 0.260 e. The van der Waals surface area contributed by atoms with Gasteiger partial charge in [0.05, 0.1) is 10.9 Å². The van der Waals surface area contributed by atoms with Crippen molar-refractivity contribution in [3.63, 3.8) is 0 Å². The first-order valence-corrected chi connectivity index (χ1v) is 7.49. The summed E-state index contributed by atoms with van der Waals surface area (Å²) in [5.41, 5.74) is 7.24. The molecule has 0 bridgehead atoms. The molecule has 0 amide bonds. The third kappa shape index (κ3) is 3.01. The highest BCUT2D eigenvalue weighted by atomic mass is 16.1. The number of fused-ring (bicyclic) bond motifs is 1. The van der Waals surface area contributed by atoms with Crippen molar-refractivity contribution in [1.82, 2.24) is 9.97 Å². The lowest BCUT2D eigenvalue weighted by atomic mass is 9.76. The first kappa shape index (κ1) is 13.9. The second-order valence-electron chi connectivity index (χ2n) is 6.77. The number of hydrogen-bond acceptors (Lipinski definition) is 4. The highest BCUT2D eigenvalue weighted by molar-refractivity contribution is 5.81. The van der Waals surface area contributed by atoms with Gasteiger partial charge in [0.25, 0.3) is 5.56 Å². The summed E-state index contributed by atoms with van der Waals surface area (Å²) in [6.07, 6.45) is 4.60. The smallest absolute Gasteiger partial charge is 0.260 e. The van der Waals surface area contributed by atoms with Crippen molar-refractivity contribution >= 4 is 22.5 Å². The minimum atomic E-state index is -0.147. The number of benzene rings is 1. The molecule has 112 valence electrons. The van der Waals surface area contributed by atoms with Crippen molar-refractivity contribution in [2.75, 3.05) is 11.1 Å². The van der Waals surface area contributed by atoms with Crippen LogP contribution in [0, 0.1) is 5.41 Å². The van der Waals surface area contributed by atoms with Crippen LogP contribution in [0.25, 0.3) is 10.9 Å². The molecule has 1 aliphatic rings. The van der Waals surface area contributed by atoms with E-state index in [9.17, 15) is 4.79 Å². The van der Waals surface area contributed by atoms with Gasteiger partial charge in [-0.1, -0.05) is 13.8 Å². The van der Waals surface area contributed by atoms with Crippen LogP contribution in [0.2, 0.25) is 0 Å². The van der Waals surface area contributed by atoms with Gasteiger partial charge in [0.2, 0.25) is 5.95 Å². The summed E-state index contributed by atoms with van der Waals surface area (Å²) in [5.74, 6) is 0.557. The van der Waals surface area contributed by atoms with Gasteiger partial charge >= 0.3 is 0 Å². The number of aromatic nitrogens is 2. The van der Waals surface area contributed by atoms with Gasteiger partial charge in [0, 0.05) is 11.7 Å². The van der Waals surface area contributed by atoms with Crippen molar-refractivity contribution in [3.05, 3.63) is 28.6 Å². The van der Waals surface area contributed by atoms with Crippen molar-refractivity contribution in [3.8, 4) is 0 Å². The molecule has 1 aromatic carbocycles. The lowest BCUT2D eigenvalue weighted by molar-refractivity contribution is 0.232. The number of H-pyrrole nitrogens is 1. The van der Waals surface area contributed by atoms with Crippen LogP contribution in [0.4, 0.5) is 11.6 Å². The van der Waals surface area contributed by atoms with Crippen LogP contribution >= 0.6 is 0 Å². The molecule has 4 N–H and O–H groups in total. The number of nitrogens with one attached hydrogen (secondary N) is 2. The van der Waals surface area contributed by atoms with Crippen LogP contribution in [0.1, 0.15) is 39.5 Å². The highest BCUT2D eigenvalue weighted by Gasteiger charge is 2.27. The average molecular weight is 286 g/mol. The number of nitrogens with zero attached hydrogens (tertiary/aromatic N) is 1. The Morgan fingerprint density at radius 1 is 1.33 bits per heavy atom.